The van der Waals surface area contributed by atoms with Crippen molar-refractivity contribution in [3.05, 3.63) is 28.5 Å². The van der Waals surface area contributed by atoms with E-state index in [1.807, 2.05) is 0 Å². The van der Waals surface area contributed by atoms with E-state index in [4.69, 9.17) is 0 Å². The number of likely N-dealkylation sites (tertiary alicyclic amines) is 1. The second kappa shape index (κ2) is 10.5. The number of anilines is 1. The van der Waals surface area contributed by atoms with Crippen molar-refractivity contribution in [1.29, 1.82) is 0 Å². The number of aryl methyl sites for hydroxylation is 1. The predicted octanol–water partition coefficient (Wildman–Crippen LogP) is 5.03. The number of amides is 2. The van der Waals surface area contributed by atoms with Gasteiger partial charge in [0.15, 0.2) is 5.01 Å². The molecule has 2 fully saturated rings. The van der Waals surface area contributed by atoms with Crippen LogP contribution in [0.3, 0.4) is 0 Å². The van der Waals surface area contributed by atoms with Crippen molar-refractivity contribution in [2.45, 2.75) is 77.1 Å². The number of nitrogens with zero attached hydrogens (tertiary/aromatic N) is 3. The number of rotatable bonds is 8. The molecule has 1 saturated carbocycles. The highest BCUT2D eigenvalue weighted by molar-refractivity contribution is 7.17. The minimum absolute atomic E-state index is 0.0408. The Morgan fingerprint density at radius 1 is 1.25 bits per heavy atom. The van der Waals surface area contributed by atoms with Gasteiger partial charge >= 0.3 is 6.18 Å². The van der Waals surface area contributed by atoms with Crippen molar-refractivity contribution in [2.24, 2.45) is 5.41 Å². The summed E-state index contributed by atoms with van der Waals surface area (Å²) in [5, 5.41) is 15.1. The van der Waals surface area contributed by atoms with Crippen molar-refractivity contribution >= 4 is 29.0 Å². The molecule has 0 spiro atoms. The number of aromatic nitrogens is 2. The van der Waals surface area contributed by atoms with E-state index in [2.05, 4.69) is 20.6 Å². The van der Waals surface area contributed by atoms with Gasteiger partial charge in [-0.25, -0.2) is 18.7 Å². The fraction of sp³-hybridized carbons (Fsp3) is 0.615. The van der Waals surface area contributed by atoms with Crippen LogP contribution >= 0.6 is 11.3 Å². The van der Waals surface area contributed by atoms with E-state index in [9.17, 15) is 36.6 Å². The van der Waals surface area contributed by atoms with Gasteiger partial charge in [0.05, 0.1) is 22.4 Å². The van der Waals surface area contributed by atoms with Crippen LogP contribution in [0.25, 0.3) is 10.4 Å². The number of thiazole rings is 1. The highest BCUT2D eigenvalue weighted by atomic mass is 32.1. The number of aliphatic hydroxyl groups is 1. The predicted molar refractivity (Wildman–Crippen MR) is 140 cm³/mol. The third kappa shape index (κ3) is 6.22. The first-order chi connectivity index (χ1) is 18.4. The van der Waals surface area contributed by atoms with Crippen molar-refractivity contribution < 1.29 is 36.6 Å². The Kier molecular flexibility index (Phi) is 7.91. The normalized spacial score (nSPS) is 20.2. The fourth-order valence-electron chi connectivity index (χ4n) is 4.85. The zero-order valence-corrected chi connectivity index (χ0v) is 23.4. The second-order valence-corrected chi connectivity index (χ2v) is 12.4. The lowest BCUT2D eigenvalue weighted by atomic mass is 9.68. The molecular formula is C26H32F5N5O3S. The minimum atomic E-state index is -4.34. The molecule has 0 unspecified atom stereocenters. The molecule has 3 N–H and O–H groups in total. The number of hydrogen-bond donors (Lipinski definition) is 3. The lowest BCUT2D eigenvalue weighted by Crippen LogP contribution is -2.48. The molecule has 0 radical (unpaired) electrons. The molecule has 220 valence electrons. The first kappa shape index (κ1) is 30.1. The average Bonchev–Trinajstić information content (AvgIpc) is 3.35. The topological polar surface area (TPSA) is 107 Å². The fourth-order valence-corrected chi connectivity index (χ4v) is 5.90. The summed E-state index contributed by atoms with van der Waals surface area (Å²) in [5.74, 6) is -4.27. The largest absolute Gasteiger partial charge is 0.396 e. The van der Waals surface area contributed by atoms with E-state index in [-0.39, 0.29) is 47.3 Å². The van der Waals surface area contributed by atoms with Crippen LogP contribution in [0, 0.1) is 12.3 Å². The van der Waals surface area contributed by atoms with Gasteiger partial charge in [-0.1, -0.05) is 6.42 Å². The highest BCUT2D eigenvalue weighted by Gasteiger charge is 2.58. The van der Waals surface area contributed by atoms with Crippen LogP contribution in [-0.4, -0.2) is 75.2 Å². The van der Waals surface area contributed by atoms with E-state index in [1.54, 1.807) is 6.92 Å². The quantitative estimate of drug-likeness (QED) is 0.373. The van der Waals surface area contributed by atoms with Crippen molar-refractivity contribution in [1.82, 2.24) is 20.2 Å². The Balaban J connectivity index is 1.64. The number of hydrogen-bond acceptors (Lipinski definition) is 7. The van der Waals surface area contributed by atoms with Crippen molar-refractivity contribution in [3.8, 4) is 10.4 Å². The standard InChI is InChI=1S/C26H32F5N5O3S/c1-14-8-17(33-12-24(6-5-7-24)26(29,30)31)32-10-16(14)19-18(22(38)36-13-25(27,28)9-15(36)2)35-21(40-19)20(37)34-11-23(3,4)39/h8,10,15,39H,5-7,9,11-13H2,1-4H3,(H,32,33)(H,34,37)/t15-/m0/s1. The molecule has 40 heavy (non-hydrogen) atoms. The van der Waals surface area contributed by atoms with Gasteiger partial charge in [0.2, 0.25) is 0 Å². The summed E-state index contributed by atoms with van der Waals surface area (Å²) in [7, 11) is 0. The molecule has 2 aromatic rings. The lowest BCUT2D eigenvalue weighted by molar-refractivity contribution is -0.244. The van der Waals surface area contributed by atoms with Crippen LogP contribution in [-0.2, 0) is 0 Å². The monoisotopic (exact) mass is 589 g/mol. The van der Waals surface area contributed by atoms with Gasteiger partial charge < -0.3 is 20.6 Å². The van der Waals surface area contributed by atoms with Crippen molar-refractivity contribution in [2.75, 3.05) is 25.0 Å². The van der Waals surface area contributed by atoms with E-state index in [0.717, 1.165) is 16.2 Å². The molecule has 8 nitrogen and oxygen atoms in total. The maximum Gasteiger partial charge on any atom is 0.396 e. The van der Waals surface area contributed by atoms with Crippen LogP contribution in [0.15, 0.2) is 12.3 Å². The third-order valence-corrected chi connectivity index (χ3v) is 8.46. The van der Waals surface area contributed by atoms with Crippen LogP contribution in [0.1, 0.15) is 72.3 Å². The summed E-state index contributed by atoms with van der Waals surface area (Å²) in [6.45, 7) is 4.96. The number of nitrogens with one attached hydrogen (secondary N) is 2. The summed E-state index contributed by atoms with van der Waals surface area (Å²) in [6.07, 6.45) is -2.89. The van der Waals surface area contributed by atoms with Crippen LogP contribution in [0.2, 0.25) is 0 Å². The molecule has 1 atom stereocenters. The Hall–Kier alpha value is -2.87. The molecule has 2 aliphatic rings. The number of halogens is 5. The van der Waals surface area contributed by atoms with Gasteiger partial charge in [0.25, 0.3) is 17.7 Å². The Morgan fingerprint density at radius 3 is 2.42 bits per heavy atom. The maximum atomic E-state index is 14.1. The van der Waals surface area contributed by atoms with Gasteiger partial charge in [-0.2, -0.15) is 13.2 Å². The summed E-state index contributed by atoms with van der Waals surface area (Å²) >= 11 is 0.864. The van der Waals surface area contributed by atoms with Gasteiger partial charge in [-0.15, -0.1) is 11.3 Å². The molecular weight excluding hydrogens is 557 g/mol. The highest BCUT2D eigenvalue weighted by Crippen LogP contribution is 2.53. The number of carbonyl (C=O) groups is 2. The molecule has 1 aliphatic heterocycles. The molecule has 3 heterocycles. The van der Waals surface area contributed by atoms with E-state index in [1.165, 1.54) is 33.0 Å². The average molecular weight is 590 g/mol. The molecule has 1 aliphatic carbocycles. The minimum Gasteiger partial charge on any atom is -0.389 e. The Morgan fingerprint density at radius 2 is 1.93 bits per heavy atom. The van der Waals surface area contributed by atoms with Crippen molar-refractivity contribution in [3.63, 3.8) is 0 Å². The molecule has 2 aromatic heterocycles. The van der Waals surface area contributed by atoms with Crippen LogP contribution in [0.5, 0.6) is 0 Å². The molecule has 4 rings (SSSR count). The van der Waals surface area contributed by atoms with Gasteiger partial charge in [-0.05, 0) is 52.2 Å². The maximum absolute atomic E-state index is 14.1. The molecule has 14 heteroatoms. The van der Waals surface area contributed by atoms with Gasteiger partial charge in [0, 0.05) is 37.3 Å². The van der Waals surface area contributed by atoms with Gasteiger partial charge in [-0.3, -0.25) is 9.59 Å². The summed E-state index contributed by atoms with van der Waals surface area (Å²) in [5.41, 5.74) is -2.27. The van der Waals surface area contributed by atoms with E-state index in [0.29, 0.717) is 17.5 Å². The summed E-state index contributed by atoms with van der Waals surface area (Å²) in [4.78, 5) is 35.9. The first-order valence-electron chi connectivity index (χ1n) is 12.9. The van der Waals surface area contributed by atoms with Crippen LogP contribution < -0.4 is 10.6 Å². The summed E-state index contributed by atoms with van der Waals surface area (Å²) in [6, 6.07) is 0.773. The molecule has 0 aromatic carbocycles. The van der Waals surface area contributed by atoms with E-state index >= 15 is 0 Å². The Labute approximate surface area is 232 Å². The molecule has 2 amide bonds. The number of alkyl halides is 5. The lowest BCUT2D eigenvalue weighted by Gasteiger charge is -2.43. The smallest absolute Gasteiger partial charge is 0.389 e. The third-order valence-electron chi connectivity index (χ3n) is 7.37. The van der Waals surface area contributed by atoms with E-state index < -0.39 is 53.9 Å². The zero-order valence-electron chi connectivity index (χ0n) is 22.6. The van der Waals surface area contributed by atoms with Crippen LogP contribution in [0.4, 0.5) is 27.8 Å². The number of carbonyl (C=O) groups excluding carboxylic acids is 2. The SMILES string of the molecule is Cc1cc(NCC2(C(F)(F)F)CCC2)ncc1-c1sc(C(=O)NCC(C)(C)O)nc1C(=O)N1CC(F)(F)C[C@@H]1C. The second-order valence-electron chi connectivity index (χ2n) is 11.4. The summed E-state index contributed by atoms with van der Waals surface area (Å²) < 4.78 is 68.8. The zero-order chi connectivity index (χ0) is 29.7. The molecule has 1 saturated heterocycles. The Bertz CT molecular complexity index is 1290. The molecule has 0 bridgehead atoms. The first-order valence-corrected chi connectivity index (χ1v) is 13.7. The number of pyridine rings is 1. The van der Waals surface area contributed by atoms with Gasteiger partial charge in [0.1, 0.15) is 11.5 Å².